The van der Waals surface area contributed by atoms with E-state index in [0.29, 0.717) is 31.2 Å². The van der Waals surface area contributed by atoms with Gasteiger partial charge in [0.25, 0.3) is 0 Å². The van der Waals surface area contributed by atoms with Gasteiger partial charge in [-0.15, -0.1) is 0 Å². The van der Waals surface area contributed by atoms with Crippen molar-refractivity contribution in [1.82, 2.24) is 10.1 Å². The van der Waals surface area contributed by atoms with Gasteiger partial charge >= 0.3 is 0 Å². The maximum absolute atomic E-state index is 5.94. The Labute approximate surface area is 117 Å². The molecule has 0 saturated heterocycles. The van der Waals surface area contributed by atoms with Gasteiger partial charge in [0.05, 0.1) is 13.2 Å². The van der Waals surface area contributed by atoms with Crippen LogP contribution in [0.25, 0.3) is 0 Å². The first kappa shape index (κ1) is 14.5. The normalized spacial score (nSPS) is 12.3. The fourth-order valence-corrected chi connectivity index (χ4v) is 1.88. The Bertz CT molecular complexity index is 542. The van der Waals surface area contributed by atoms with E-state index < -0.39 is 0 Å². The highest BCUT2D eigenvalue weighted by Gasteiger charge is 2.15. The molecule has 0 aliphatic heterocycles. The zero-order valence-electron chi connectivity index (χ0n) is 11.7. The van der Waals surface area contributed by atoms with E-state index in [9.17, 15) is 0 Å². The minimum Gasteiger partial charge on any atom is -0.496 e. The van der Waals surface area contributed by atoms with Gasteiger partial charge in [0.15, 0.2) is 5.82 Å². The smallest absolute Gasteiger partial charge is 0.243 e. The summed E-state index contributed by atoms with van der Waals surface area (Å²) in [7, 11) is 3.27. The predicted molar refractivity (Wildman–Crippen MR) is 73.5 cm³/mol. The SMILES string of the molecule is COCCC(N)c1nc(Cc2ccccc2OC)no1. The molecule has 1 heterocycles. The minimum absolute atomic E-state index is 0.297. The Hall–Kier alpha value is -1.92. The number of hydrogen-bond acceptors (Lipinski definition) is 6. The van der Waals surface area contributed by atoms with Gasteiger partial charge in [-0.1, -0.05) is 23.4 Å². The van der Waals surface area contributed by atoms with E-state index in [4.69, 9.17) is 19.7 Å². The molecule has 6 heteroatoms. The van der Waals surface area contributed by atoms with Crippen molar-refractivity contribution in [3.05, 3.63) is 41.5 Å². The predicted octanol–water partition coefficient (Wildman–Crippen LogP) is 1.71. The number of hydrogen-bond donors (Lipinski definition) is 1. The topological polar surface area (TPSA) is 83.4 Å². The first-order valence-corrected chi connectivity index (χ1v) is 6.43. The third-order valence-electron chi connectivity index (χ3n) is 2.98. The first-order valence-electron chi connectivity index (χ1n) is 6.43. The van der Waals surface area contributed by atoms with Crippen LogP contribution in [0, 0.1) is 0 Å². The van der Waals surface area contributed by atoms with Gasteiger partial charge in [-0.25, -0.2) is 0 Å². The standard InChI is InChI=1S/C14H19N3O3/c1-18-8-7-11(15)14-16-13(17-20-14)9-10-5-3-4-6-12(10)19-2/h3-6,11H,7-9,15H2,1-2H3. The van der Waals surface area contributed by atoms with Gasteiger partial charge in [0.2, 0.25) is 5.89 Å². The molecule has 6 nitrogen and oxygen atoms in total. The van der Waals surface area contributed by atoms with Crippen molar-refractivity contribution in [2.75, 3.05) is 20.8 Å². The van der Waals surface area contributed by atoms with Crippen LogP contribution in [-0.2, 0) is 11.2 Å². The lowest BCUT2D eigenvalue weighted by Gasteiger charge is -2.05. The van der Waals surface area contributed by atoms with E-state index in [1.807, 2.05) is 24.3 Å². The molecule has 2 rings (SSSR count). The Morgan fingerprint density at radius 2 is 2.10 bits per heavy atom. The fourth-order valence-electron chi connectivity index (χ4n) is 1.88. The third-order valence-corrected chi connectivity index (χ3v) is 2.98. The summed E-state index contributed by atoms with van der Waals surface area (Å²) in [5.41, 5.74) is 6.95. The van der Waals surface area contributed by atoms with E-state index in [0.717, 1.165) is 11.3 Å². The molecule has 0 aliphatic rings. The molecule has 2 aromatic rings. The summed E-state index contributed by atoms with van der Waals surface area (Å²) in [4.78, 5) is 4.32. The van der Waals surface area contributed by atoms with E-state index in [1.54, 1.807) is 14.2 Å². The molecule has 1 aromatic heterocycles. The van der Waals surface area contributed by atoms with Crippen molar-refractivity contribution < 1.29 is 14.0 Å². The van der Waals surface area contributed by atoms with Crippen LogP contribution in [0.1, 0.15) is 29.7 Å². The zero-order valence-corrected chi connectivity index (χ0v) is 11.7. The Morgan fingerprint density at radius 1 is 1.30 bits per heavy atom. The lowest BCUT2D eigenvalue weighted by Crippen LogP contribution is -2.13. The van der Waals surface area contributed by atoms with Gasteiger partial charge < -0.3 is 19.7 Å². The molecule has 1 atom stereocenters. The Morgan fingerprint density at radius 3 is 2.85 bits per heavy atom. The number of aromatic nitrogens is 2. The summed E-state index contributed by atoms with van der Waals surface area (Å²) in [6.45, 7) is 0.561. The number of nitrogens with two attached hydrogens (primary N) is 1. The first-order chi connectivity index (χ1) is 9.74. The largest absolute Gasteiger partial charge is 0.496 e. The maximum Gasteiger partial charge on any atom is 0.243 e. The van der Waals surface area contributed by atoms with Gasteiger partial charge in [-0.05, 0) is 12.5 Å². The second-order valence-corrected chi connectivity index (χ2v) is 4.43. The summed E-state index contributed by atoms with van der Waals surface area (Å²) < 4.78 is 15.5. The minimum atomic E-state index is -0.297. The number of para-hydroxylation sites is 1. The molecular weight excluding hydrogens is 258 g/mol. The highest BCUT2D eigenvalue weighted by molar-refractivity contribution is 5.35. The Kier molecular flexibility index (Phi) is 5.09. The van der Waals surface area contributed by atoms with Crippen LogP contribution < -0.4 is 10.5 Å². The number of methoxy groups -OCH3 is 2. The summed E-state index contributed by atoms with van der Waals surface area (Å²) >= 11 is 0. The molecule has 0 aliphatic carbocycles. The quantitative estimate of drug-likeness (QED) is 0.829. The molecule has 0 saturated carbocycles. The molecule has 1 unspecified atom stereocenters. The number of rotatable bonds is 7. The third kappa shape index (κ3) is 3.55. The van der Waals surface area contributed by atoms with Crippen molar-refractivity contribution in [3.8, 4) is 5.75 Å². The van der Waals surface area contributed by atoms with Crippen LogP contribution in [0.2, 0.25) is 0 Å². The molecule has 0 fully saturated rings. The van der Waals surface area contributed by atoms with E-state index in [2.05, 4.69) is 10.1 Å². The van der Waals surface area contributed by atoms with Crippen molar-refractivity contribution in [3.63, 3.8) is 0 Å². The van der Waals surface area contributed by atoms with Crippen LogP contribution in [0.15, 0.2) is 28.8 Å². The van der Waals surface area contributed by atoms with Crippen LogP contribution >= 0.6 is 0 Å². The average molecular weight is 277 g/mol. The summed E-state index contributed by atoms with van der Waals surface area (Å²) in [6.07, 6.45) is 1.19. The van der Waals surface area contributed by atoms with Gasteiger partial charge in [-0.2, -0.15) is 4.98 Å². The molecule has 0 amide bonds. The highest BCUT2D eigenvalue weighted by atomic mass is 16.5. The number of benzene rings is 1. The monoisotopic (exact) mass is 277 g/mol. The van der Waals surface area contributed by atoms with Crippen molar-refractivity contribution >= 4 is 0 Å². The number of ether oxygens (including phenoxy) is 2. The van der Waals surface area contributed by atoms with Crippen LogP contribution in [-0.4, -0.2) is 31.0 Å². The van der Waals surface area contributed by atoms with Crippen LogP contribution in [0.4, 0.5) is 0 Å². The van der Waals surface area contributed by atoms with E-state index >= 15 is 0 Å². The van der Waals surface area contributed by atoms with Gasteiger partial charge in [0.1, 0.15) is 5.75 Å². The summed E-state index contributed by atoms with van der Waals surface area (Å²) in [6, 6.07) is 7.45. The zero-order chi connectivity index (χ0) is 14.4. The summed E-state index contributed by atoms with van der Waals surface area (Å²) in [5, 5.41) is 3.95. The second kappa shape index (κ2) is 7.02. The molecule has 0 radical (unpaired) electrons. The lowest BCUT2D eigenvalue weighted by atomic mass is 10.1. The molecule has 0 spiro atoms. The van der Waals surface area contributed by atoms with E-state index in [-0.39, 0.29) is 6.04 Å². The molecular formula is C14H19N3O3. The Balaban J connectivity index is 2.05. The second-order valence-electron chi connectivity index (χ2n) is 4.43. The highest BCUT2D eigenvalue weighted by Crippen LogP contribution is 2.20. The van der Waals surface area contributed by atoms with Crippen LogP contribution in [0.3, 0.4) is 0 Å². The van der Waals surface area contributed by atoms with Crippen molar-refractivity contribution in [1.29, 1.82) is 0 Å². The molecule has 1 aromatic carbocycles. The molecule has 108 valence electrons. The molecule has 0 bridgehead atoms. The number of nitrogens with zero attached hydrogens (tertiary/aromatic N) is 2. The van der Waals surface area contributed by atoms with Crippen LogP contribution in [0.5, 0.6) is 5.75 Å². The molecule has 2 N–H and O–H groups in total. The van der Waals surface area contributed by atoms with Crippen molar-refractivity contribution in [2.24, 2.45) is 5.73 Å². The van der Waals surface area contributed by atoms with E-state index in [1.165, 1.54) is 0 Å². The van der Waals surface area contributed by atoms with Gasteiger partial charge in [0, 0.05) is 25.7 Å². The lowest BCUT2D eigenvalue weighted by molar-refractivity contribution is 0.182. The average Bonchev–Trinajstić information content (AvgIpc) is 2.94. The molecule has 20 heavy (non-hydrogen) atoms. The summed E-state index contributed by atoms with van der Waals surface area (Å²) in [5.74, 6) is 1.84. The van der Waals surface area contributed by atoms with Gasteiger partial charge in [-0.3, -0.25) is 0 Å². The van der Waals surface area contributed by atoms with Crippen molar-refractivity contribution in [2.45, 2.75) is 18.9 Å². The maximum atomic E-state index is 5.94. The fraction of sp³-hybridized carbons (Fsp3) is 0.429.